The monoisotopic (exact) mass is 374 g/mol. The highest BCUT2D eigenvalue weighted by Gasteiger charge is 2.06. The molecule has 4 nitrogen and oxygen atoms in total. The smallest absolute Gasteiger partial charge is 0.189 e. The van der Waals surface area contributed by atoms with Crippen molar-refractivity contribution >= 4 is 45.9 Å². The van der Waals surface area contributed by atoms with Crippen LogP contribution in [0.15, 0.2) is 28.7 Å². The lowest BCUT2D eigenvalue weighted by atomic mass is 10.3. The van der Waals surface area contributed by atoms with E-state index in [1.54, 1.807) is 23.1 Å². The molecule has 0 fully saturated rings. The zero-order valence-electron chi connectivity index (χ0n) is 11.8. The Morgan fingerprint density at radius 1 is 1.35 bits per heavy atom. The molecule has 7 heteroatoms. The van der Waals surface area contributed by atoms with Crippen LogP contribution in [0.2, 0.25) is 0 Å². The summed E-state index contributed by atoms with van der Waals surface area (Å²) in [5.41, 5.74) is 0.988. The van der Waals surface area contributed by atoms with Crippen molar-refractivity contribution in [2.45, 2.75) is 5.16 Å². The van der Waals surface area contributed by atoms with Gasteiger partial charge in [0.2, 0.25) is 0 Å². The minimum Gasteiger partial charge on any atom is -0.369 e. The maximum absolute atomic E-state index is 4.55. The Hall–Kier alpha value is -0.630. The van der Waals surface area contributed by atoms with Crippen LogP contribution in [0.1, 0.15) is 0 Å². The van der Waals surface area contributed by atoms with Crippen LogP contribution in [0.25, 0.3) is 10.6 Å². The van der Waals surface area contributed by atoms with Crippen molar-refractivity contribution in [1.82, 2.24) is 14.9 Å². The van der Waals surface area contributed by atoms with Gasteiger partial charge in [0, 0.05) is 19.2 Å². The van der Waals surface area contributed by atoms with Crippen LogP contribution >= 0.6 is 40.1 Å². The summed E-state index contributed by atoms with van der Waals surface area (Å²) in [6, 6.07) is 6.14. The van der Waals surface area contributed by atoms with E-state index in [1.807, 2.05) is 18.4 Å². The molecule has 2 aromatic heterocycles. The Kier molecular flexibility index (Phi) is 7.50. The highest BCUT2D eigenvalue weighted by Crippen LogP contribution is 2.26. The third kappa shape index (κ3) is 5.05. The van der Waals surface area contributed by atoms with Gasteiger partial charge in [-0.05, 0) is 31.8 Å². The summed E-state index contributed by atoms with van der Waals surface area (Å²) in [7, 11) is 4.12. The number of nitrogens with one attached hydrogen (secondary N) is 1. The second-order valence-electron chi connectivity index (χ2n) is 4.33. The predicted octanol–water partition coefficient (Wildman–Crippen LogP) is 3.48. The Morgan fingerprint density at radius 2 is 2.15 bits per heavy atom. The van der Waals surface area contributed by atoms with Gasteiger partial charge in [0.1, 0.15) is 5.82 Å². The zero-order chi connectivity index (χ0) is 13.7. The predicted molar refractivity (Wildman–Crippen MR) is 94.5 cm³/mol. The topological polar surface area (TPSA) is 41.1 Å². The van der Waals surface area contributed by atoms with Gasteiger partial charge in [-0.25, -0.2) is 9.97 Å². The van der Waals surface area contributed by atoms with Gasteiger partial charge < -0.3 is 10.2 Å². The molecule has 110 valence electrons. The van der Waals surface area contributed by atoms with E-state index < -0.39 is 0 Å². The summed E-state index contributed by atoms with van der Waals surface area (Å²) < 4.78 is 0. The van der Waals surface area contributed by atoms with E-state index >= 15 is 0 Å². The summed E-state index contributed by atoms with van der Waals surface area (Å²) in [5, 5.41) is 6.22. The van der Waals surface area contributed by atoms with E-state index in [-0.39, 0.29) is 17.0 Å². The fraction of sp³-hybridized carbons (Fsp3) is 0.385. The molecule has 2 heterocycles. The van der Waals surface area contributed by atoms with Crippen LogP contribution in [0, 0.1) is 0 Å². The first kappa shape index (κ1) is 17.4. The normalized spacial score (nSPS) is 10.4. The lowest BCUT2D eigenvalue weighted by Crippen LogP contribution is -2.21. The molecule has 0 amide bonds. The summed E-state index contributed by atoms with van der Waals surface area (Å²) in [6.07, 6.45) is 2.00. The highest BCUT2D eigenvalue weighted by atomic mass is 79.9. The van der Waals surface area contributed by atoms with Crippen molar-refractivity contribution in [1.29, 1.82) is 0 Å². The third-order valence-electron chi connectivity index (χ3n) is 2.53. The van der Waals surface area contributed by atoms with Crippen LogP contribution in [-0.2, 0) is 0 Å². The molecule has 0 bridgehead atoms. The van der Waals surface area contributed by atoms with E-state index in [0.29, 0.717) is 0 Å². The van der Waals surface area contributed by atoms with E-state index in [2.05, 4.69) is 45.7 Å². The quantitative estimate of drug-likeness (QED) is 0.619. The molecule has 2 aromatic rings. The number of nitrogens with zero attached hydrogens (tertiary/aromatic N) is 3. The van der Waals surface area contributed by atoms with Gasteiger partial charge in [-0.15, -0.1) is 28.3 Å². The Morgan fingerprint density at radius 3 is 2.75 bits per heavy atom. The molecule has 0 unspecified atom stereocenters. The van der Waals surface area contributed by atoms with E-state index in [0.717, 1.165) is 29.8 Å². The van der Waals surface area contributed by atoms with Crippen LogP contribution < -0.4 is 5.32 Å². The standard InChI is InChI=1S/C13H18N4S2.BrH/c1-17(2)7-6-14-12-9-10(11-5-4-8-19-11)15-13(16-12)18-3;/h4-5,8-9H,6-7H2,1-3H3,(H,14,15,16);1H. The SMILES string of the molecule is Br.CSc1nc(NCCN(C)C)cc(-c2cccs2)n1. The highest BCUT2D eigenvalue weighted by molar-refractivity contribution is 8.93. The van der Waals surface area contributed by atoms with Gasteiger partial charge in [0.15, 0.2) is 5.16 Å². The number of anilines is 1. The average Bonchev–Trinajstić information content (AvgIpc) is 2.92. The summed E-state index contributed by atoms with van der Waals surface area (Å²) in [5.74, 6) is 0.893. The van der Waals surface area contributed by atoms with Crippen molar-refractivity contribution in [2.75, 3.05) is 38.8 Å². The molecule has 0 spiro atoms. The zero-order valence-corrected chi connectivity index (χ0v) is 15.1. The number of aromatic nitrogens is 2. The average molecular weight is 375 g/mol. The molecule has 0 saturated heterocycles. The number of hydrogen-bond acceptors (Lipinski definition) is 6. The first-order valence-corrected chi connectivity index (χ1v) is 8.15. The van der Waals surface area contributed by atoms with Gasteiger partial charge in [-0.1, -0.05) is 17.8 Å². The first-order valence-electron chi connectivity index (χ1n) is 6.04. The van der Waals surface area contributed by atoms with E-state index in [9.17, 15) is 0 Å². The van der Waals surface area contributed by atoms with Crippen LogP contribution in [-0.4, -0.2) is 48.3 Å². The summed E-state index contributed by atoms with van der Waals surface area (Å²) >= 11 is 3.26. The first-order chi connectivity index (χ1) is 9.19. The van der Waals surface area contributed by atoms with Crippen LogP contribution in [0.4, 0.5) is 5.82 Å². The number of halogens is 1. The summed E-state index contributed by atoms with van der Waals surface area (Å²) in [4.78, 5) is 12.4. The van der Waals surface area contributed by atoms with Gasteiger partial charge in [0.25, 0.3) is 0 Å². The van der Waals surface area contributed by atoms with Gasteiger partial charge >= 0.3 is 0 Å². The second-order valence-corrected chi connectivity index (χ2v) is 6.05. The minimum atomic E-state index is 0. The van der Waals surface area contributed by atoms with E-state index in [1.165, 1.54) is 4.88 Å². The maximum Gasteiger partial charge on any atom is 0.189 e. The third-order valence-corrected chi connectivity index (χ3v) is 3.97. The lowest BCUT2D eigenvalue weighted by molar-refractivity contribution is 0.425. The molecule has 0 aliphatic heterocycles. The van der Waals surface area contributed by atoms with Crippen molar-refractivity contribution in [3.05, 3.63) is 23.6 Å². The van der Waals surface area contributed by atoms with E-state index in [4.69, 9.17) is 0 Å². The van der Waals surface area contributed by atoms with Crippen molar-refractivity contribution in [3.8, 4) is 10.6 Å². The van der Waals surface area contributed by atoms with Crippen LogP contribution in [0.3, 0.4) is 0 Å². The largest absolute Gasteiger partial charge is 0.369 e. The second kappa shape index (κ2) is 8.61. The molecule has 1 N–H and O–H groups in total. The maximum atomic E-state index is 4.55. The Labute approximate surface area is 138 Å². The number of hydrogen-bond donors (Lipinski definition) is 1. The fourth-order valence-corrected chi connectivity index (χ4v) is 2.63. The molecule has 0 aliphatic carbocycles. The molecule has 0 aromatic carbocycles. The molecular weight excluding hydrogens is 356 g/mol. The molecule has 0 radical (unpaired) electrons. The van der Waals surface area contributed by atoms with Gasteiger partial charge in [-0.2, -0.15) is 0 Å². The molecule has 20 heavy (non-hydrogen) atoms. The molecule has 0 saturated carbocycles. The van der Waals surface area contributed by atoms with Crippen molar-refractivity contribution < 1.29 is 0 Å². The molecule has 2 rings (SSSR count). The van der Waals surface area contributed by atoms with Gasteiger partial charge in [0.05, 0.1) is 10.6 Å². The van der Waals surface area contributed by atoms with Crippen molar-refractivity contribution in [3.63, 3.8) is 0 Å². The number of thiophene rings is 1. The molecule has 0 atom stereocenters. The van der Waals surface area contributed by atoms with Gasteiger partial charge in [-0.3, -0.25) is 0 Å². The Balaban J connectivity index is 0.00000200. The lowest BCUT2D eigenvalue weighted by Gasteiger charge is -2.12. The molecule has 0 aliphatic rings. The van der Waals surface area contributed by atoms with Crippen molar-refractivity contribution in [2.24, 2.45) is 0 Å². The minimum absolute atomic E-state index is 0. The fourth-order valence-electron chi connectivity index (χ4n) is 1.57. The number of rotatable bonds is 6. The Bertz CT molecular complexity index is 517. The number of thioether (sulfide) groups is 1. The van der Waals surface area contributed by atoms with Crippen LogP contribution in [0.5, 0.6) is 0 Å². The molecular formula is C13H19BrN4S2. The number of likely N-dealkylation sites (N-methyl/N-ethyl adjacent to an activating group) is 1. The summed E-state index contributed by atoms with van der Waals surface area (Å²) in [6.45, 7) is 1.86.